The fraction of sp³-hybridized carbons (Fsp3) is 0.400. The van der Waals surface area contributed by atoms with Crippen LogP contribution in [0.25, 0.3) is 0 Å². The molecular formula is C10H14NO3P. The number of para-hydroxylation sites is 1. The van der Waals surface area contributed by atoms with Crippen LogP contribution in [0.5, 0.6) is 5.75 Å². The van der Waals surface area contributed by atoms with Gasteiger partial charge in [0.05, 0.1) is 0 Å². The minimum atomic E-state index is -0.751. The molecule has 0 atom stereocenters. The Morgan fingerprint density at radius 1 is 1.27 bits per heavy atom. The van der Waals surface area contributed by atoms with Gasteiger partial charge in [-0.25, -0.2) is 0 Å². The summed E-state index contributed by atoms with van der Waals surface area (Å²) in [5, 5.41) is 0. The molecule has 0 bridgehead atoms. The van der Waals surface area contributed by atoms with Crippen LogP contribution in [0.15, 0.2) is 30.3 Å². The van der Waals surface area contributed by atoms with Gasteiger partial charge in [0.1, 0.15) is 5.75 Å². The largest absolute Gasteiger partial charge is 0.392 e. The predicted octanol–water partition coefficient (Wildman–Crippen LogP) is 2.87. The highest BCUT2D eigenvalue weighted by molar-refractivity contribution is 7.20. The minimum Gasteiger partial charge on any atom is -0.392 e. The topological polar surface area (TPSA) is 38.8 Å². The summed E-state index contributed by atoms with van der Waals surface area (Å²) in [6.07, 6.45) is 0. The zero-order valence-corrected chi connectivity index (χ0v) is 9.90. The van der Waals surface area contributed by atoms with E-state index in [1.165, 1.54) is 11.9 Å². The smallest absolute Gasteiger partial charge is 0.288 e. The zero-order valence-electron chi connectivity index (χ0n) is 9.01. The molecule has 1 rings (SSSR count). The van der Waals surface area contributed by atoms with Gasteiger partial charge in [-0.1, -0.05) is 18.2 Å². The van der Waals surface area contributed by atoms with Gasteiger partial charge in [-0.3, -0.25) is 4.57 Å². The molecule has 0 aliphatic heterocycles. The van der Waals surface area contributed by atoms with Gasteiger partial charge in [0.15, 0.2) is 5.72 Å². The molecular weight excluding hydrogens is 213 g/mol. The number of rotatable bonds is 5. The highest BCUT2D eigenvalue weighted by atomic mass is 31.1. The van der Waals surface area contributed by atoms with E-state index in [0.717, 1.165) is 0 Å². The summed E-state index contributed by atoms with van der Waals surface area (Å²) < 4.78 is 16.1. The summed E-state index contributed by atoms with van der Waals surface area (Å²) in [5.41, 5.74) is -0.751. The van der Waals surface area contributed by atoms with Crippen molar-refractivity contribution in [3.05, 3.63) is 30.3 Å². The van der Waals surface area contributed by atoms with E-state index >= 15 is 0 Å². The quantitative estimate of drug-likeness (QED) is 0.440. The minimum absolute atomic E-state index is 0.249. The predicted molar refractivity (Wildman–Crippen MR) is 57.6 cm³/mol. The van der Waals surface area contributed by atoms with Crippen LogP contribution in [0.1, 0.15) is 13.8 Å². The highest BCUT2D eigenvalue weighted by Crippen LogP contribution is 2.25. The summed E-state index contributed by atoms with van der Waals surface area (Å²) in [7, 11) is 1.28. The van der Waals surface area contributed by atoms with Crippen LogP contribution in [-0.4, -0.2) is 17.7 Å². The molecule has 0 unspecified atom stereocenters. The summed E-state index contributed by atoms with van der Waals surface area (Å²) in [6.45, 7) is 3.53. The standard InChI is InChI=1S/C10H14NO3P/c1-10(2,13-3)11(15-12)14-9-7-5-4-6-8-9/h4-8H,1-3H3. The number of ether oxygens (including phenoxy) is 1. The maximum absolute atomic E-state index is 10.9. The van der Waals surface area contributed by atoms with Crippen LogP contribution in [0.3, 0.4) is 0 Å². The molecule has 15 heavy (non-hydrogen) atoms. The number of hydrogen-bond acceptors (Lipinski definition) is 3. The number of benzene rings is 1. The van der Waals surface area contributed by atoms with Crippen molar-refractivity contribution in [1.29, 1.82) is 0 Å². The van der Waals surface area contributed by atoms with E-state index < -0.39 is 5.72 Å². The molecule has 5 heteroatoms. The average molecular weight is 227 g/mol. The van der Waals surface area contributed by atoms with Gasteiger partial charge in [0.2, 0.25) is 0 Å². The van der Waals surface area contributed by atoms with Crippen LogP contribution in [0.2, 0.25) is 0 Å². The molecule has 1 aromatic rings. The van der Waals surface area contributed by atoms with Gasteiger partial charge in [-0.2, -0.15) is 0 Å². The fourth-order valence-electron chi connectivity index (χ4n) is 0.884. The molecule has 0 amide bonds. The summed E-state index contributed by atoms with van der Waals surface area (Å²) >= 11 is 0. The van der Waals surface area contributed by atoms with E-state index in [4.69, 9.17) is 9.57 Å². The normalized spacial score (nSPS) is 12.0. The van der Waals surface area contributed by atoms with Crippen molar-refractivity contribution in [2.45, 2.75) is 19.6 Å². The third-order valence-corrected chi connectivity index (χ3v) is 2.68. The van der Waals surface area contributed by atoms with Gasteiger partial charge in [0, 0.05) is 7.11 Å². The van der Waals surface area contributed by atoms with Crippen molar-refractivity contribution in [3.63, 3.8) is 0 Å². The van der Waals surface area contributed by atoms with Crippen molar-refractivity contribution in [2.75, 3.05) is 7.11 Å². The third kappa shape index (κ3) is 3.27. The van der Waals surface area contributed by atoms with E-state index in [1.54, 1.807) is 26.0 Å². The maximum Gasteiger partial charge on any atom is 0.288 e. The lowest BCUT2D eigenvalue weighted by Crippen LogP contribution is -2.41. The van der Waals surface area contributed by atoms with Gasteiger partial charge >= 0.3 is 0 Å². The van der Waals surface area contributed by atoms with Crippen molar-refractivity contribution in [3.8, 4) is 5.75 Å². The molecule has 0 radical (unpaired) electrons. The second-order valence-electron chi connectivity index (χ2n) is 3.41. The monoisotopic (exact) mass is 227 g/mol. The molecule has 1 aromatic carbocycles. The molecule has 0 aliphatic rings. The molecule has 0 heterocycles. The number of hydrogen-bond donors (Lipinski definition) is 0. The Hall–Kier alpha value is -0.960. The van der Waals surface area contributed by atoms with Gasteiger partial charge in [-0.05, 0) is 30.8 Å². The molecule has 0 spiro atoms. The van der Waals surface area contributed by atoms with Crippen LogP contribution in [-0.2, 0) is 9.30 Å². The van der Waals surface area contributed by atoms with Crippen molar-refractivity contribution in [2.24, 2.45) is 0 Å². The van der Waals surface area contributed by atoms with Crippen LogP contribution >= 0.6 is 8.61 Å². The second-order valence-corrected chi connectivity index (χ2v) is 3.94. The lowest BCUT2D eigenvalue weighted by molar-refractivity contribution is -0.174. The Balaban J connectivity index is 2.74. The van der Waals surface area contributed by atoms with Crippen LogP contribution in [0, 0.1) is 0 Å². The molecule has 4 nitrogen and oxygen atoms in total. The fourth-order valence-corrected chi connectivity index (χ4v) is 1.29. The molecule has 0 fully saturated rings. The van der Waals surface area contributed by atoms with Crippen LogP contribution in [0.4, 0.5) is 0 Å². The van der Waals surface area contributed by atoms with E-state index in [9.17, 15) is 4.57 Å². The maximum atomic E-state index is 10.9. The summed E-state index contributed by atoms with van der Waals surface area (Å²) in [5.74, 6) is 0.617. The first-order valence-corrected chi connectivity index (χ1v) is 5.28. The SMILES string of the molecule is COC(C)(C)N(Oc1ccccc1)P=O. The first-order valence-electron chi connectivity index (χ1n) is 4.52. The van der Waals surface area contributed by atoms with Crippen LogP contribution < -0.4 is 4.84 Å². The lowest BCUT2D eigenvalue weighted by Gasteiger charge is -2.30. The molecule has 0 aliphatic carbocycles. The second kappa shape index (κ2) is 5.21. The highest BCUT2D eigenvalue weighted by Gasteiger charge is 2.29. The summed E-state index contributed by atoms with van der Waals surface area (Å²) in [6, 6.07) is 9.13. The Kier molecular flexibility index (Phi) is 4.21. The third-order valence-electron chi connectivity index (χ3n) is 1.97. The van der Waals surface area contributed by atoms with E-state index in [2.05, 4.69) is 0 Å². The van der Waals surface area contributed by atoms with Crippen molar-refractivity contribution < 1.29 is 14.1 Å². The number of hydroxylamine groups is 1. The van der Waals surface area contributed by atoms with E-state index in [-0.39, 0.29) is 8.61 Å². The number of methoxy groups -OCH3 is 1. The molecule has 0 saturated carbocycles. The molecule has 82 valence electrons. The molecule has 0 saturated heterocycles. The molecule has 0 aromatic heterocycles. The lowest BCUT2D eigenvalue weighted by atomic mass is 10.3. The number of nitrogens with zero attached hydrogens (tertiary/aromatic N) is 1. The first-order chi connectivity index (χ1) is 7.10. The van der Waals surface area contributed by atoms with Crippen molar-refractivity contribution >= 4 is 8.61 Å². The molecule has 0 N–H and O–H groups in total. The Bertz CT molecular complexity index is 316. The van der Waals surface area contributed by atoms with E-state index in [0.29, 0.717) is 5.75 Å². The Labute approximate surface area is 91.0 Å². The Morgan fingerprint density at radius 3 is 2.33 bits per heavy atom. The summed E-state index contributed by atoms with van der Waals surface area (Å²) in [4.78, 5) is 6.63. The first kappa shape index (κ1) is 12.1. The zero-order chi connectivity index (χ0) is 11.3. The van der Waals surface area contributed by atoms with E-state index in [1.807, 2.05) is 18.2 Å². The van der Waals surface area contributed by atoms with Crippen molar-refractivity contribution in [1.82, 2.24) is 4.83 Å². The Morgan fingerprint density at radius 2 is 1.87 bits per heavy atom. The van der Waals surface area contributed by atoms with Gasteiger partial charge in [0.25, 0.3) is 8.61 Å². The average Bonchev–Trinajstić information content (AvgIpc) is 2.27. The van der Waals surface area contributed by atoms with Gasteiger partial charge < -0.3 is 9.57 Å². The van der Waals surface area contributed by atoms with Gasteiger partial charge in [-0.15, -0.1) is 0 Å².